The molecule has 2 atom stereocenters. The summed E-state index contributed by atoms with van der Waals surface area (Å²) in [4.78, 5) is 40.3. The normalized spacial score (nSPS) is 20.6. The molecule has 4 aromatic rings. The SMILES string of the molecule is COc1nc(-c2cccc(-c3cccc(-c4cc5c(c(OC)n4)C(N4CC6(CCC(=O)N6)C4)CC5)c3Cl)c2Cl)cnc1CNCC1CCC(=O)N1. The molecule has 11 nitrogen and oxygen atoms in total. The van der Waals surface area contributed by atoms with Gasteiger partial charge in [-0.2, -0.15) is 0 Å². The van der Waals surface area contributed by atoms with E-state index in [9.17, 15) is 9.59 Å². The summed E-state index contributed by atoms with van der Waals surface area (Å²) >= 11 is 14.3. The van der Waals surface area contributed by atoms with E-state index in [0.717, 1.165) is 66.7 Å². The Labute approximate surface area is 306 Å². The van der Waals surface area contributed by atoms with Crippen LogP contribution in [-0.2, 0) is 22.6 Å². The van der Waals surface area contributed by atoms with Gasteiger partial charge in [0.15, 0.2) is 0 Å². The number of amides is 2. The minimum Gasteiger partial charge on any atom is -0.481 e. The lowest BCUT2D eigenvalue weighted by molar-refractivity contribution is -0.121. The van der Waals surface area contributed by atoms with Crippen LogP contribution >= 0.6 is 23.2 Å². The third-order valence-corrected chi connectivity index (χ3v) is 11.4. The van der Waals surface area contributed by atoms with Crippen molar-refractivity contribution < 1.29 is 19.1 Å². The highest BCUT2D eigenvalue weighted by molar-refractivity contribution is 6.39. The average molecular weight is 729 g/mol. The van der Waals surface area contributed by atoms with Gasteiger partial charge >= 0.3 is 0 Å². The van der Waals surface area contributed by atoms with E-state index in [1.54, 1.807) is 20.4 Å². The van der Waals surface area contributed by atoms with Crippen LogP contribution in [0, 0.1) is 0 Å². The Morgan fingerprint density at radius 1 is 0.882 bits per heavy atom. The summed E-state index contributed by atoms with van der Waals surface area (Å²) < 4.78 is 11.5. The molecule has 0 saturated carbocycles. The first kappa shape index (κ1) is 33.8. The molecule has 2 aromatic heterocycles. The van der Waals surface area contributed by atoms with Crippen molar-refractivity contribution in [1.82, 2.24) is 35.8 Å². The topological polar surface area (TPSA) is 131 Å². The van der Waals surface area contributed by atoms with Gasteiger partial charge in [-0.05, 0) is 37.3 Å². The van der Waals surface area contributed by atoms with E-state index in [4.69, 9.17) is 42.6 Å². The quantitative estimate of drug-likeness (QED) is 0.193. The number of nitrogens with one attached hydrogen (secondary N) is 3. The van der Waals surface area contributed by atoms with Crippen LogP contribution in [0.1, 0.15) is 55.0 Å². The van der Waals surface area contributed by atoms with E-state index >= 15 is 0 Å². The fourth-order valence-electron chi connectivity index (χ4n) is 8.09. The maximum Gasteiger partial charge on any atom is 0.237 e. The summed E-state index contributed by atoms with van der Waals surface area (Å²) in [5, 5.41) is 10.5. The first-order valence-electron chi connectivity index (χ1n) is 17.4. The van der Waals surface area contributed by atoms with E-state index in [1.807, 2.05) is 36.4 Å². The van der Waals surface area contributed by atoms with E-state index in [0.29, 0.717) is 64.7 Å². The number of hydrogen-bond donors (Lipinski definition) is 3. The third kappa shape index (κ3) is 6.30. The van der Waals surface area contributed by atoms with E-state index in [2.05, 4.69) is 31.9 Å². The second-order valence-electron chi connectivity index (χ2n) is 13.9. The van der Waals surface area contributed by atoms with E-state index in [-0.39, 0.29) is 29.4 Å². The summed E-state index contributed by atoms with van der Waals surface area (Å²) in [6, 6.07) is 14.1. The maximum absolute atomic E-state index is 11.9. The molecule has 0 radical (unpaired) electrons. The van der Waals surface area contributed by atoms with Gasteiger partial charge in [0, 0.05) is 78.9 Å². The van der Waals surface area contributed by atoms with Crippen LogP contribution in [0.2, 0.25) is 10.0 Å². The average Bonchev–Trinajstić information content (AvgIpc) is 3.85. The molecular weight excluding hydrogens is 689 g/mol. The second kappa shape index (κ2) is 13.7. The zero-order chi connectivity index (χ0) is 35.3. The molecular formula is C38H39Cl2N7O4. The summed E-state index contributed by atoms with van der Waals surface area (Å²) in [5.41, 5.74) is 7.23. The van der Waals surface area contributed by atoms with Crippen LogP contribution in [0.5, 0.6) is 11.8 Å². The van der Waals surface area contributed by atoms with Gasteiger partial charge in [-0.1, -0.05) is 59.6 Å². The van der Waals surface area contributed by atoms with Crippen molar-refractivity contribution in [2.75, 3.05) is 33.9 Å². The number of carbonyl (C=O) groups excluding carboxylic acids is 2. The lowest BCUT2D eigenvalue weighted by atomic mass is 9.86. The molecule has 3 N–H and O–H groups in total. The molecule has 2 aromatic carbocycles. The number of ether oxygens (including phenoxy) is 2. The zero-order valence-corrected chi connectivity index (χ0v) is 30.0. The maximum atomic E-state index is 11.9. The van der Waals surface area contributed by atoms with Crippen LogP contribution in [0.4, 0.5) is 0 Å². The number of nitrogens with zero attached hydrogens (tertiary/aromatic N) is 4. The van der Waals surface area contributed by atoms with Crippen molar-refractivity contribution in [3.05, 3.63) is 75.5 Å². The predicted molar refractivity (Wildman–Crippen MR) is 195 cm³/mol. The zero-order valence-electron chi connectivity index (χ0n) is 28.5. The lowest BCUT2D eigenvalue weighted by Gasteiger charge is -2.50. The number of carbonyl (C=O) groups is 2. The van der Waals surface area contributed by atoms with Crippen LogP contribution in [0.3, 0.4) is 0 Å². The molecule has 5 heterocycles. The molecule has 264 valence electrons. The fraction of sp³-hybridized carbons (Fsp3) is 0.395. The number of benzene rings is 2. The van der Waals surface area contributed by atoms with Crippen molar-refractivity contribution in [3.63, 3.8) is 0 Å². The monoisotopic (exact) mass is 727 g/mol. The minimum atomic E-state index is -0.0801. The van der Waals surface area contributed by atoms with Gasteiger partial charge in [-0.25, -0.2) is 9.97 Å². The van der Waals surface area contributed by atoms with Crippen molar-refractivity contribution >= 4 is 35.0 Å². The fourth-order valence-corrected chi connectivity index (χ4v) is 8.73. The van der Waals surface area contributed by atoms with Crippen molar-refractivity contribution in [2.45, 2.75) is 62.7 Å². The van der Waals surface area contributed by atoms with Gasteiger partial charge in [0.2, 0.25) is 23.6 Å². The molecule has 1 aliphatic carbocycles. The summed E-state index contributed by atoms with van der Waals surface area (Å²) in [5.74, 6) is 1.25. The number of fused-ring (bicyclic) bond motifs is 1. The number of halogens is 2. The number of aryl methyl sites for hydroxylation is 1. The van der Waals surface area contributed by atoms with Crippen molar-refractivity contribution in [3.8, 4) is 45.4 Å². The third-order valence-electron chi connectivity index (χ3n) is 10.6. The van der Waals surface area contributed by atoms with Gasteiger partial charge in [-0.3, -0.25) is 19.5 Å². The number of hydrogen-bond acceptors (Lipinski definition) is 9. The Kier molecular flexibility index (Phi) is 9.08. The Balaban J connectivity index is 1.04. The van der Waals surface area contributed by atoms with Gasteiger partial charge < -0.3 is 25.4 Å². The Hall–Kier alpha value is -4.29. The molecule has 3 aliphatic heterocycles. The number of methoxy groups -OCH3 is 2. The number of pyridine rings is 1. The summed E-state index contributed by atoms with van der Waals surface area (Å²) in [6.07, 6.45) is 6.45. The van der Waals surface area contributed by atoms with Gasteiger partial charge in [0.05, 0.1) is 47.4 Å². The molecule has 1 spiro atoms. The van der Waals surface area contributed by atoms with Crippen LogP contribution < -0.4 is 25.4 Å². The van der Waals surface area contributed by atoms with Crippen molar-refractivity contribution in [2.24, 2.45) is 0 Å². The molecule has 51 heavy (non-hydrogen) atoms. The number of rotatable bonds is 10. The Morgan fingerprint density at radius 2 is 1.57 bits per heavy atom. The van der Waals surface area contributed by atoms with E-state index < -0.39 is 0 Å². The first-order chi connectivity index (χ1) is 24.8. The van der Waals surface area contributed by atoms with E-state index in [1.165, 1.54) is 5.56 Å². The molecule has 13 heteroatoms. The Bertz CT molecular complexity index is 2040. The van der Waals surface area contributed by atoms with Crippen molar-refractivity contribution in [1.29, 1.82) is 0 Å². The molecule has 3 saturated heterocycles. The molecule has 8 rings (SSSR count). The van der Waals surface area contributed by atoms with Crippen LogP contribution in [0.15, 0.2) is 48.7 Å². The highest BCUT2D eigenvalue weighted by Crippen LogP contribution is 2.48. The van der Waals surface area contributed by atoms with Crippen LogP contribution in [-0.4, -0.2) is 77.1 Å². The number of likely N-dealkylation sites (tertiary alicyclic amines) is 1. The lowest BCUT2D eigenvalue weighted by Crippen LogP contribution is -2.67. The predicted octanol–water partition coefficient (Wildman–Crippen LogP) is 5.52. The highest BCUT2D eigenvalue weighted by atomic mass is 35.5. The minimum absolute atomic E-state index is 0.0801. The summed E-state index contributed by atoms with van der Waals surface area (Å²) in [7, 11) is 3.23. The highest BCUT2D eigenvalue weighted by Gasteiger charge is 2.51. The van der Waals surface area contributed by atoms with Gasteiger partial charge in [0.25, 0.3) is 0 Å². The molecule has 0 bridgehead atoms. The Morgan fingerprint density at radius 3 is 2.22 bits per heavy atom. The largest absolute Gasteiger partial charge is 0.481 e. The molecule has 2 unspecified atom stereocenters. The summed E-state index contributed by atoms with van der Waals surface area (Å²) in [6.45, 7) is 2.79. The molecule has 2 amide bonds. The smallest absolute Gasteiger partial charge is 0.237 e. The van der Waals surface area contributed by atoms with Gasteiger partial charge in [0.1, 0.15) is 5.69 Å². The number of aromatic nitrogens is 3. The molecule has 4 aliphatic rings. The molecule has 3 fully saturated rings. The standard InChI is InChI=1S/C38H39Cl2N7O4/c1-50-36-29(17-41-16-22-10-12-31(48)43-22)42-18-28(45-36)26-8-4-6-24(35(26)40)23-5-3-7-25(34(23)39)27-15-21-9-11-30(33(21)37(44-27)51-2)47-19-38(20-47)14-13-32(49)46-38/h3-8,15,18,22,30,41H,9-14,16-17,19-20H2,1-2H3,(H,43,48)(H,46,49). The van der Waals surface area contributed by atoms with Gasteiger partial charge in [-0.15, -0.1) is 0 Å². The van der Waals surface area contributed by atoms with Crippen LogP contribution in [0.25, 0.3) is 33.6 Å². The second-order valence-corrected chi connectivity index (χ2v) is 14.6. The first-order valence-corrected chi connectivity index (χ1v) is 18.1.